The Kier molecular flexibility index (Phi) is 4.36. The van der Waals surface area contributed by atoms with E-state index in [0.717, 1.165) is 23.0 Å². The Bertz CT molecular complexity index is 533. The first kappa shape index (κ1) is 13.1. The first-order valence-electron chi connectivity index (χ1n) is 5.83. The highest BCUT2D eigenvalue weighted by atomic mass is 35.5. The third kappa shape index (κ3) is 3.10. The summed E-state index contributed by atoms with van der Waals surface area (Å²) in [5, 5.41) is 5.17. The Morgan fingerprint density at radius 1 is 1.44 bits per heavy atom. The zero-order valence-corrected chi connectivity index (χ0v) is 10.9. The van der Waals surface area contributed by atoms with Crippen molar-refractivity contribution in [2.24, 2.45) is 5.90 Å². The largest absolute Gasteiger partial charge is 0.382 e. The fraction of sp³-hybridized carbons (Fsp3) is 0.308. The van der Waals surface area contributed by atoms with Crippen molar-refractivity contribution >= 4 is 28.2 Å². The number of anilines is 1. The van der Waals surface area contributed by atoms with Gasteiger partial charge in [0.15, 0.2) is 0 Å². The van der Waals surface area contributed by atoms with E-state index in [2.05, 4.69) is 22.1 Å². The van der Waals surface area contributed by atoms with Gasteiger partial charge in [-0.2, -0.15) is 0 Å². The van der Waals surface area contributed by atoms with E-state index in [4.69, 9.17) is 17.5 Å². The lowest BCUT2D eigenvalue weighted by Gasteiger charge is -2.16. The number of aromatic nitrogens is 1. The summed E-state index contributed by atoms with van der Waals surface area (Å²) in [5.74, 6) is 5.02. The average molecular weight is 266 g/mol. The van der Waals surface area contributed by atoms with E-state index < -0.39 is 0 Å². The van der Waals surface area contributed by atoms with Gasteiger partial charge in [0.25, 0.3) is 0 Å². The van der Waals surface area contributed by atoms with E-state index in [0.29, 0.717) is 11.6 Å². The van der Waals surface area contributed by atoms with E-state index in [-0.39, 0.29) is 6.04 Å². The molecule has 0 aliphatic carbocycles. The summed E-state index contributed by atoms with van der Waals surface area (Å²) in [4.78, 5) is 8.89. The number of rotatable bonds is 5. The standard InChI is InChI=1S/C13H16ClN3O/c1-9(5-7-18-15)17-12-4-6-16-13-8-10(14)2-3-11(12)13/h2-4,6,8-9H,5,7,15H2,1H3,(H,16,17)/t9-/m1/s1. The molecule has 2 aromatic rings. The molecule has 0 fully saturated rings. The lowest BCUT2D eigenvalue weighted by Crippen LogP contribution is -2.18. The van der Waals surface area contributed by atoms with Gasteiger partial charge in [0.2, 0.25) is 0 Å². The van der Waals surface area contributed by atoms with Gasteiger partial charge in [-0.05, 0) is 37.6 Å². The highest BCUT2D eigenvalue weighted by Gasteiger charge is 2.06. The number of nitrogens with one attached hydrogen (secondary N) is 1. The molecule has 1 atom stereocenters. The fourth-order valence-electron chi connectivity index (χ4n) is 1.83. The number of nitrogens with zero attached hydrogens (tertiary/aromatic N) is 1. The maximum absolute atomic E-state index is 5.95. The highest BCUT2D eigenvalue weighted by Crippen LogP contribution is 2.25. The molecule has 5 heteroatoms. The average Bonchev–Trinajstić information content (AvgIpc) is 2.36. The first-order chi connectivity index (χ1) is 8.70. The van der Waals surface area contributed by atoms with E-state index >= 15 is 0 Å². The topological polar surface area (TPSA) is 60.2 Å². The zero-order valence-electron chi connectivity index (χ0n) is 10.2. The molecule has 0 amide bonds. The molecule has 3 N–H and O–H groups in total. The quantitative estimate of drug-likeness (QED) is 0.816. The van der Waals surface area contributed by atoms with Crippen LogP contribution < -0.4 is 11.2 Å². The Hall–Kier alpha value is -1.36. The highest BCUT2D eigenvalue weighted by molar-refractivity contribution is 6.31. The molecule has 1 aromatic carbocycles. The molecule has 96 valence electrons. The molecule has 1 heterocycles. The molecule has 0 unspecified atom stereocenters. The van der Waals surface area contributed by atoms with Crippen molar-refractivity contribution in [3.63, 3.8) is 0 Å². The third-order valence-corrected chi connectivity index (χ3v) is 3.01. The van der Waals surface area contributed by atoms with Gasteiger partial charge in [-0.25, -0.2) is 5.90 Å². The number of pyridine rings is 1. The zero-order chi connectivity index (χ0) is 13.0. The maximum Gasteiger partial charge on any atom is 0.0737 e. The number of nitrogens with two attached hydrogens (primary N) is 1. The lowest BCUT2D eigenvalue weighted by molar-refractivity contribution is 0.133. The van der Waals surface area contributed by atoms with Crippen LogP contribution in [0.3, 0.4) is 0 Å². The van der Waals surface area contributed by atoms with Crippen LogP contribution in [-0.4, -0.2) is 17.6 Å². The van der Waals surface area contributed by atoms with Crippen LogP contribution in [-0.2, 0) is 4.84 Å². The molecular formula is C13H16ClN3O. The molecule has 18 heavy (non-hydrogen) atoms. The second kappa shape index (κ2) is 6.00. The molecular weight excluding hydrogens is 250 g/mol. The number of fused-ring (bicyclic) bond motifs is 1. The second-order valence-electron chi connectivity index (χ2n) is 4.22. The molecule has 0 saturated heterocycles. The van der Waals surface area contributed by atoms with Crippen LogP contribution in [0.5, 0.6) is 0 Å². The van der Waals surface area contributed by atoms with Crippen LogP contribution in [0.15, 0.2) is 30.5 Å². The molecule has 0 saturated carbocycles. The Morgan fingerprint density at radius 2 is 2.28 bits per heavy atom. The van der Waals surface area contributed by atoms with Crippen LogP contribution in [0, 0.1) is 0 Å². The van der Waals surface area contributed by atoms with Gasteiger partial charge >= 0.3 is 0 Å². The predicted molar refractivity (Wildman–Crippen MR) is 74.6 cm³/mol. The minimum Gasteiger partial charge on any atom is -0.382 e. The minimum absolute atomic E-state index is 0.273. The molecule has 0 aliphatic heterocycles. The number of benzene rings is 1. The Morgan fingerprint density at radius 3 is 3.06 bits per heavy atom. The normalized spacial score (nSPS) is 12.6. The van der Waals surface area contributed by atoms with E-state index in [1.165, 1.54) is 0 Å². The summed E-state index contributed by atoms with van der Waals surface area (Å²) in [7, 11) is 0. The summed E-state index contributed by atoms with van der Waals surface area (Å²) in [6.45, 7) is 2.62. The summed E-state index contributed by atoms with van der Waals surface area (Å²) < 4.78 is 0. The van der Waals surface area contributed by atoms with Crippen LogP contribution in [0.1, 0.15) is 13.3 Å². The molecule has 2 rings (SSSR count). The number of hydrogen-bond acceptors (Lipinski definition) is 4. The SMILES string of the molecule is C[C@H](CCON)Nc1ccnc2cc(Cl)ccc12. The van der Waals surface area contributed by atoms with Crippen LogP contribution in [0.4, 0.5) is 5.69 Å². The second-order valence-corrected chi connectivity index (χ2v) is 4.66. The molecule has 0 radical (unpaired) electrons. The van der Waals surface area contributed by atoms with Crippen molar-refractivity contribution in [2.45, 2.75) is 19.4 Å². The van der Waals surface area contributed by atoms with Gasteiger partial charge in [-0.3, -0.25) is 4.98 Å². The third-order valence-electron chi connectivity index (χ3n) is 2.78. The van der Waals surface area contributed by atoms with Gasteiger partial charge in [0.1, 0.15) is 0 Å². The van der Waals surface area contributed by atoms with Crippen molar-refractivity contribution in [1.82, 2.24) is 4.98 Å². The van der Waals surface area contributed by atoms with Gasteiger partial charge in [-0.15, -0.1) is 0 Å². The van der Waals surface area contributed by atoms with Gasteiger partial charge < -0.3 is 10.2 Å². The van der Waals surface area contributed by atoms with Gasteiger partial charge in [0.05, 0.1) is 12.1 Å². The molecule has 0 aliphatic rings. The van der Waals surface area contributed by atoms with E-state index in [1.54, 1.807) is 6.20 Å². The predicted octanol–water partition coefficient (Wildman–Crippen LogP) is 2.97. The molecule has 0 spiro atoms. The van der Waals surface area contributed by atoms with Gasteiger partial charge in [0, 0.05) is 28.3 Å². The van der Waals surface area contributed by atoms with Crippen LogP contribution >= 0.6 is 11.6 Å². The van der Waals surface area contributed by atoms with Crippen molar-refractivity contribution < 1.29 is 4.84 Å². The smallest absolute Gasteiger partial charge is 0.0737 e. The summed E-state index contributed by atoms with van der Waals surface area (Å²) in [5.41, 5.74) is 1.93. The lowest BCUT2D eigenvalue weighted by atomic mass is 10.1. The Balaban J connectivity index is 2.22. The van der Waals surface area contributed by atoms with Crippen LogP contribution in [0.2, 0.25) is 5.02 Å². The molecule has 4 nitrogen and oxygen atoms in total. The monoisotopic (exact) mass is 265 g/mol. The number of halogens is 1. The van der Waals surface area contributed by atoms with Crippen LogP contribution in [0.25, 0.3) is 10.9 Å². The maximum atomic E-state index is 5.95. The molecule has 0 bridgehead atoms. The first-order valence-corrected chi connectivity index (χ1v) is 6.21. The van der Waals surface area contributed by atoms with E-state index in [9.17, 15) is 0 Å². The van der Waals surface area contributed by atoms with Crippen molar-refractivity contribution in [3.8, 4) is 0 Å². The van der Waals surface area contributed by atoms with Crippen molar-refractivity contribution in [1.29, 1.82) is 0 Å². The summed E-state index contributed by atoms with van der Waals surface area (Å²) >= 11 is 5.95. The summed E-state index contributed by atoms with van der Waals surface area (Å²) in [6, 6.07) is 7.92. The molecule has 1 aromatic heterocycles. The summed E-state index contributed by atoms with van der Waals surface area (Å²) in [6.07, 6.45) is 2.61. The van der Waals surface area contributed by atoms with Gasteiger partial charge in [-0.1, -0.05) is 11.6 Å². The Labute approximate surface area is 111 Å². The van der Waals surface area contributed by atoms with E-state index in [1.807, 2.05) is 24.3 Å². The van der Waals surface area contributed by atoms with Crippen molar-refractivity contribution in [3.05, 3.63) is 35.5 Å². The fourth-order valence-corrected chi connectivity index (χ4v) is 2.00. The number of hydrogen-bond donors (Lipinski definition) is 2. The van der Waals surface area contributed by atoms with Crippen molar-refractivity contribution in [2.75, 3.05) is 11.9 Å². The minimum atomic E-state index is 0.273.